The number of fused-ring (bicyclic) bond motifs is 1. The average molecular weight is 514 g/mol. The lowest BCUT2D eigenvalue weighted by molar-refractivity contribution is -0.0215. The van der Waals surface area contributed by atoms with Gasteiger partial charge in [0.15, 0.2) is 21.0 Å². The number of thiazole rings is 1. The van der Waals surface area contributed by atoms with Gasteiger partial charge in [-0.1, -0.05) is 52.9 Å². The van der Waals surface area contributed by atoms with Gasteiger partial charge >= 0.3 is 0 Å². The Morgan fingerprint density at radius 3 is 2.65 bits per heavy atom. The number of nitrogens with zero attached hydrogens (tertiary/aromatic N) is 3. The van der Waals surface area contributed by atoms with E-state index in [1.165, 1.54) is 23.1 Å². The molecule has 1 saturated heterocycles. The predicted molar refractivity (Wildman–Crippen MR) is 138 cm³/mol. The van der Waals surface area contributed by atoms with E-state index in [9.17, 15) is 4.79 Å². The summed E-state index contributed by atoms with van der Waals surface area (Å²) in [5.74, 6) is 1.08. The molecule has 0 N–H and O–H groups in total. The smallest absolute Gasteiger partial charge is 0.278 e. The van der Waals surface area contributed by atoms with Crippen molar-refractivity contribution in [3.8, 4) is 17.1 Å². The van der Waals surface area contributed by atoms with E-state index in [2.05, 4.69) is 6.07 Å². The van der Waals surface area contributed by atoms with Crippen molar-refractivity contribution in [2.24, 2.45) is 0 Å². The molecule has 0 amide bonds. The summed E-state index contributed by atoms with van der Waals surface area (Å²) in [6, 6.07) is 13.6. The first-order valence-corrected chi connectivity index (χ1v) is 12.9. The molecule has 34 heavy (non-hydrogen) atoms. The molecule has 1 aliphatic rings. The van der Waals surface area contributed by atoms with Crippen LogP contribution in [0.5, 0.6) is 5.75 Å². The van der Waals surface area contributed by atoms with E-state index in [4.69, 9.17) is 31.4 Å². The molecule has 4 aromatic rings. The second-order valence-electron chi connectivity index (χ2n) is 7.83. The van der Waals surface area contributed by atoms with E-state index in [0.29, 0.717) is 49.9 Å². The maximum atomic E-state index is 13.9. The fraction of sp³-hybridized carbons (Fsp3) is 0.292. The van der Waals surface area contributed by atoms with Crippen LogP contribution in [0.15, 0.2) is 52.4 Å². The minimum Gasteiger partial charge on any atom is -0.495 e. The number of methoxy groups -OCH3 is 1. The Morgan fingerprint density at radius 2 is 1.91 bits per heavy atom. The number of ether oxygens (including phenoxy) is 3. The van der Waals surface area contributed by atoms with Crippen molar-refractivity contribution in [2.45, 2.75) is 25.3 Å². The Kier molecular flexibility index (Phi) is 6.59. The topological polar surface area (TPSA) is 67.5 Å². The molecule has 7 nitrogen and oxygen atoms in total. The van der Waals surface area contributed by atoms with Crippen LogP contribution < -0.4 is 10.3 Å². The monoisotopic (exact) mass is 513 g/mol. The molecule has 1 aliphatic heterocycles. The standard InChI is InChI=1S/C24H23N3O4S3/c1-14-8-9-16(15(2)12-14)26-21-20(34-24(26)32)22(28)27(17-6-4-5-7-18(17)29-3)23(25-21)33-13-19-30-10-11-31-19/h4-9,12,19H,10-11,13H2,1-3H3. The minimum absolute atomic E-state index is 0.190. The van der Waals surface area contributed by atoms with Crippen LogP contribution in [0.25, 0.3) is 21.7 Å². The normalized spacial score (nSPS) is 14.2. The van der Waals surface area contributed by atoms with Crippen LogP contribution in [-0.4, -0.2) is 46.5 Å². The number of aromatic nitrogens is 3. The third kappa shape index (κ3) is 4.20. The number of hydrogen-bond acceptors (Lipinski definition) is 8. The van der Waals surface area contributed by atoms with Crippen molar-refractivity contribution >= 4 is 45.7 Å². The molecular weight excluding hydrogens is 490 g/mol. The van der Waals surface area contributed by atoms with Crippen molar-refractivity contribution in [1.82, 2.24) is 14.1 Å². The lowest BCUT2D eigenvalue weighted by atomic mass is 10.1. The van der Waals surface area contributed by atoms with Crippen molar-refractivity contribution < 1.29 is 14.2 Å². The van der Waals surface area contributed by atoms with Gasteiger partial charge in [0.05, 0.1) is 37.5 Å². The summed E-state index contributed by atoms with van der Waals surface area (Å²) >= 11 is 8.39. The molecule has 0 saturated carbocycles. The Labute approximate surface area is 209 Å². The number of para-hydroxylation sites is 2. The van der Waals surface area contributed by atoms with Crippen LogP contribution in [0.1, 0.15) is 11.1 Å². The fourth-order valence-corrected chi connectivity index (χ4v) is 6.21. The molecule has 2 aromatic heterocycles. The van der Waals surface area contributed by atoms with Crippen LogP contribution in [0.4, 0.5) is 0 Å². The molecule has 0 unspecified atom stereocenters. The van der Waals surface area contributed by atoms with Crippen LogP contribution in [0.2, 0.25) is 0 Å². The Bertz CT molecular complexity index is 1490. The van der Waals surface area contributed by atoms with E-state index < -0.39 is 0 Å². The highest BCUT2D eigenvalue weighted by atomic mass is 32.2. The van der Waals surface area contributed by atoms with Gasteiger partial charge in [0.25, 0.3) is 5.56 Å². The van der Waals surface area contributed by atoms with Gasteiger partial charge in [-0.2, -0.15) is 0 Å². The predicted octanol–water partition coefficient (Wildman–Crippen LogP) is 5.06. The molecular formula is C24H23N3O4S3. The van der Waals surface area contributed by atoms with E-state index >= 15 is 0 Å². The van der Waals surface area contributed by atoms with Crippen molar-refractivity contribution in [2.75, 3.05) is 26.1 Å². The van der Waals surface area contributed by atoms with E-state index in [1.54, 1.807) is 11.7 Å². The zero-order valence-corrected chi connectivity index (χ0v) is 21.4. The molecule has 0 radical (unpaired) electrons. The SMILES string of the molecule is COc1ccccc1-n1c(SCC2OCCO2)nc2c(sc(=S)n2-c2ccc(C)cc2C)c1=O. The highest BCUT2D eigenvalue weighted by molar-refractivity contribution is 7.99. The van der Waals surface area contributed by atoms with Crippen LogP contribution in [0, 0.1) is 17.8 Å². The largest absolute Gasteiger partial charge is 0.495 e. The number of rotatable bonds is 6. The minimum atomic E-state index is -0.341. The van der Waals surface area contributed by atoms with Gasteiger partial charge in [-0.3, -0.25) is 13.9 Å². The molecule has 0 spiro atoms. The zero-order valence-electron chi connectivity index (χ0n) is 18.9. The average Bonchev–Trinajstić information content (AvgIpc) is 3.46. The lowest BCUT2D eigenvalue weighted by Crippen LogP contribution is -2.23. The van der Waals surface area contributed by atoms with Crippen molar-refractivity contribution in [1.29, 1.82) is 0 Å². The number of benzene rings is 2. The Balaban J connectivity index is 1.75. The highest BCUT2D eigenvalue weighted by Crippen LogP contribution is 2.31. The number of aryl methyl sites for hydroxylation is 2. The second kappa shape index (κ2) is 9.63. The molecule has 176 valence electrons. The first kappa shape index (κ1) is 23.3. The summed E-state index contributed by atoms with van der Waals surface area (Å²) in [5.41, 5.74) is 4.12. The van der Waals surface area contributed by atoms with Gasteiger partial charge in [0.2, 0.25) is 0 Å². The van der Waals surface area contributed by atoms with Gasteiger partial charge in [-0.05, 0) is 49.8 Å². The molecule has 3 heterocycles. The Hall–Kier alpha value is -2.50. The zero-order chi connectivity index (χ0) is 23.8. The summed E-state index contributed by atoms with van der Waals surface area (Å²) in [6.45, 7) is 5.21. The summed E-state index contributed by atoms with van der Waals surface area (Å²) < 4.78 is 21.3. The summed E-state index contributed by atoms with van der Waals surface area (Å²) in [7, 11) is 1.59. The van der Waals surface area contributed by atoms with Gasteiger partial charge in [-0.25, -0.2) is 4.98 Å². The lowest BCUT2D eigenvalue weighted by Gasteiger charge is -2.16. The summed E-state index contributed by atoms with van der Waals surface area (Å²) in [6.07, 6.45) is -0.341. The van der Waals surface area contributed by atoms with Gasteiger partial charge in [0, 0.05) is 0 Å². The van der Waals surface area contributed by atoms with E-state index in [1.807, 2.05) is 54.8 Å². The number of hydrogen-bond donors (Lipinski definition) is 0. The maximum Gasteiger partial charge on any atom is 0.278 e. The fourth-order valence-electron chi connectivity index (χ4n) is 3.97. The van der Waals surface area contributed by atoms with E-state index in [0.717, 1.165) is 16.8 Å². The van der Waals surface area contributed by atoms with Gasteiger partial charge < -0.3 is 14.2 Å². The first-order valence-electron chi connectivity index (χ1n) is 10.7. The molecule has 0 aliphatic carbocycles. The first-order chi connectivity index (χ1) is 16.5. The molecule has 2 aromatic carbocycles. The quantitative estimate of drug-likeness (QED) is 0.203. The van der Waals surface area contributed by atoms with E-state index in [-0.39, 0.29) is 11.8 Å². The van der Waals surface area contributed by atoms with Crippen LogP contribution in [0.3, 0.4) is 0 Å². The number of thioether (sulfide) groups is 1. The summed E-state index contributed by atoms with van der Waals surface area (Å²) in [5, 5.41) is 0.521. The van der Waals surface area contributed by atoms with Crippen molar-refractivity contribution in [3.63, 3.8) is 0 Å². The van der Waals surface area contributed by atoms with Crippen LogP contribution in [-0.2, 0) is 9.47 Å². The highest BCUT2D eigenvalue weighted by Gasteiger charge is 2.23. The Morgan fingerprint density at radius 1 is 1.15 bits per heavy atom. The molecule has 0 bridgehead atoms. The van der Waals surface area contributed by atoms with Crippen molar-refractivity contribution in [3.05, 3.63) is 67.9 Å². The third-order valence-electron chi connectivity index (χ3n) is 5.54. The molecule has 10 heteroatoms. The van der Waals surface area contributed by atoms with Crippen LogP contribution >= 0.6 is 35.3 Å². The molecule has 1 fully saturated rings. The maximum absolute atomic E-state index is 13.9. The molecule has 5 rings (SSSR count). The van der Waals surface area contributed by atoms with Gasteiger partial charge in [0.1, 0.15) is 10.4 Å². The van der Waals surface area contributed by atoms with Gasteiger partial charge in [-0.15, -0.1) is 0 Å². The second-order valence-corrected chi connectivity index (χ2v) is 10.5. The summed E-state index contributed by atoms with van der Waals surface area (Å²) in [4.78, 5) is 18.9. The molecule has 0 atom stereocenters. The third-order valence-corrected chi connectivity index (χ3v) is 7.86.